The van der Waals surface area contributed by atoms with Gasteiger partial charge in [0, 0.05) is 12.1 Å². The van der Waals surface area contributed by atoms with Crippen LogP contribution in [0.3, 0.4) is 0 Å². The molecule has 0 heterocycles. The normalized spacial score (nSPS) is 14.1. The fraction of sp³-hybridized carbons (Fsp3) is 0.818. The van der Waals surface area contributed by atoms with Crippen LogP contribution in [0.1, 0.15) is 34.6 Å². The summed E-state index contributed by atoms with van der Waals surface area (Å²) in [5.41, 5.74) is 0. The van der Waals surface area contributed by atoms with Crippen molar-refractivity contribution in [2.45, 2.75) is 46.7 Å². The lowest BCUT2D eigenvalue weighted by Crippen LogP contribution is -2.47. The van der Waals surface area contributed by atoms with Crippen molar-refractivity contribution >= 4 is 12.0 Å². The molecule has 2 N–H and O–H groups in total. The largest absolute Gasteiger partial charge is 0.466 e. The Labute approximate surface area is 96.9 Å². The van der Waals surface area contributed by atoms with Gasteiger partial charge in [-0.05, 0) is 34.6 Å². The van der Waals surface area contributed by atoms with E-state index in [1.54, 1.807) is 20.8 Å². The highest BCUT2D eigenvalue weighted by atomic mass is 16.5. The lowest BCUT2D eigenvalue weighted by atomic mass is 10.0. The molecular weight excluding hydrogens is 208 g/mol. The van der Waals surface area contributed by atoms with Gasteiger partial charge in [-0.2, -0.15) is 0 Å². The van der Waals surface area contributed by atoms with Crippen LogP contribution < -0.4 is 10.6 Å². The molecule has 2 atom stereocenters. The molecule has 0 saturated heterocycles. The second-order valence-electron chi connectivity index (χ2n) is 4.10. The minimum Gasteiger partial charge on any atom is -0.466 e. The molecule has 0 aromatic rings. The summed E-state index contributed by atoms with van der Waals surface area (Å²) >= 11 is 0. The van der Waals surface area contributed by atoms with E-state index in [-0.39, 0.29) is 30.0 Å². The molecule has 0 saturated carbocycles. The van der Waals surface area contributed by atoms with Gasteiger partial charge in [-0.15, -0.1) is 0 Å². The molecule has 5 nitrogen and oxygen atoms in total. The van der Waals surface area contributed by atoms with Crippen molar-refractivity contribution in [3.05, 3.63) is 0 Å². The summed E-state index contributed by atoms with van der Waals surface area (Å²) in [4.78, 5) is 22.8. The predicted molar refractivity (Wildman–Crippen MR) is 62.1 cm³/mol. The van der Waals surface area contributed by atoms with E-state index in [4.69, 9.17) is 4.74 Å². The molecule has 0 aromatic carbocycles. The second kappa shape index (κ2) is 7.09. The first-order valence-electron chi connectivity index (χ1n) is 5.62. The van der Waals surface area contributed by atoms with Crippen LogP contribution in [0.5, 0.6) is 0 Å². The van der Waals surface area contributed by atoms with E-state index >= 15 is 0 Å². The average Bonchev–Trinajstić information content (AvgIpc) is 2.15. The number of carbonyl (C=O) groups excluding carboxylic acids is 2. The van der Waals surface area contributed by atoms with Crippen molar-refractivity contribution in [2.75, 3.05) is 6.61 Å². The number of carbonyl (C=O) groups is 2. The summed E-state index contributed by atoms with van der Waals surface area (Å²) in [6.07, 6.45) is 0. The van der Waals surface area contributed by atoms with Crippen molar-refractivity contribution in [3.8, 4) is 0 Å². The molecule has 0 unspecified atom stereocenters. The van der Waals surface area contributed by atoms with Gasteiger partial charge >= 0.3 is 12.0 Å². The summed E-state index contributed by atoms with van der Waals surface area (Å²) in [5.74, 6) is -0.641. The van der Waals surface area contributed by atoms with Gasteiger partial charge < -0.3 is 15.4 Å². The lowest BCUT2D eigenvalue weighted by molar-refractivity contribution is -0.148. The highest BCUT2D eigenvalue weighted by molar-refractivity contribution is 5.77. The van der Waals surface area contributed by atoms with Crippen LogP contribution in [0.25, 0.3) is 0 Å². The standard InChI is InChI=1S/C11H22N2O3/c1-6-16-10(14)8(4)9(5)13-11(15)12-7(2)3/h7-9H,6H2,1-5H3,(H2,12,13,15)/t8-,9+/m0/s1. The first-order valence-corrected chi connectivity index (χ1v) is 5.62. The van der Waals surface area contributed by atoms with E-state index < -0.39 is 0 Å². The first-order chi connectivity index (χ1) is 7.38. The number of amides is 2. The monoisotopic (exact) mass is 230 g/mol. The number of hydrogen-bond donors (Lipinski definition) is 2. The van der Waals surface area contributed by atoms with Crippen LogP contribution in [0.4, 0.5) is 4.79 Å². The predicted octanol–water partition coefficient (Wildman–Crippen LogP) is 1.28. The summed E-state index contributed by atoms with van der Waals surface area (Å²) < 4.78 is 4.88. The third-order valence-electron chi connectivity index (χ3n) is 2.19. The van der Waals surface area contributed by atoms with Crippen molar-refractivity contribution < 1.29 is 14.3 Å². The summed E-state index contributed by atoms with van der Waals surface area (Å²) in [7, 11) is 0. The number of rotatable bonds is 5. The summed E-state index contributed by atoms with van der Waals surface area (Å²) in [6, 6.07) is -0.443. The Bertz CT molecular complexity index is 241. The second-order valence-corrected chi connectivity index (χ2v) is 4.10. The Morgan fingerprint density at radius 2 is 1.69 bits per heavy atom. The maximum Gasteiger partial charge on any atom is 0.315 e. The number of esters is 1. The molecule has 0 aliphatic rings. The van der Waals surface area contributed by atoms with E-state index in [2.05, 4.69) is 10.6 Å². The zero-order valence-corrected chi connectivity index (χ0v) is 10.7. The average molecular weight is 230 g/mol. The maximum absolute atomic E-state index is 11.4. The molecule has 0 aromatic heterocycles. The van der Waals surface area contributed by atoms with E-state index in [0.717, 1.165) is 0 Å². The number of hydrogen-bond acceptors (Lipinski definition) is 3. The van der Waals surface area contributed by atoms with Crippen LogP contribution in [-0.4, -0.2) is 30.7 Å². The zero-order valence-electron chi connectivity index (χ0n) is 10.7. The fourth-order valence-electron chi connectivity index (χ4n) is 1.11. The maximum atomic E-state index is 11.4. The van der Waals surface area contributed by atoms with Crippen LogP contribution in [-0.2, 0) is 9.53 Å². The molecular formula is C11H22N2O3. The first kappa shape index (κ1) is 14.7. The molecule has 94 valence electrons. The number of urea groups is 1. The Balaban J connectivity index is 4.09. The minimum absolute atomic E-state index is 0.0742. The minimum atomic E-state index is -0.349. The fourth-order valence-corrected chi connectivity index (χ4v) is 1.11. The number of nitrogens with one attached hydrogen (secondary N) is 2. The van der Waals surface area contributed by atoms with Gasteiger partial charge in [0.2, 0.25) is 0 Å². The van der Waals surface area contributed by atoms with Crippen molar-refractivity contribution in [3.63, 3.8) is 0 Å². The van der Waals surface area contributed by atoms with Crippen molar-refractivity contribution in [2.24, 2.45) is 5.92 Å². The number of ether oxygens (including phenoxy) is 1. The SMILES string of the molecule is CCOC(=O)[C@@H](C)[C@@H](C)NC(=O)NC(C)C. The molecule has 0 aliphatic carbocycles. The third-order valence-corrected chi connectivity index (χ3v) is 2.19. The van der Waals surface area contributed by atoms with Gasteiger partial charge in [-0.1, -0.05) is 0 Å². The lowest BCUT2D eigenvalue weighted by Gasteiger charge is -2.20. The van der Waals surface area contributed by atoms with Crippen LogP contribution in [0.15, 0.2) is 0 Å². The van der Waals surface area contributed by atoms with Crippen LogP contribution in [0, 0.1) is 5.92 Å². The van der Waals surface area contributed by atoms with Gasteiger partial charge in [0.25, 0.3) is 0 Å². The highest BCUT2D eigenvalue weighted by Crippen LogP contribution is 2.05. The molecule has 0 aliphatic heterocycles. The van der Waals surface area contributed by atoms with Gasteiger partial charge in [-0.3, -0.25) is 4.79 Å². The van der Waals surface area contributed by atoms with Gasteiger partial charge in [0.1, 0.15) is 0 Å². The zero-order chi connectivity index (χ0) is 12.7. The Hall–Kier alpha value is -1.26. The Kier molecular flexibility index (Phi) is 6.53. The van der Waals surface area contributed by atoms with E-state index in [9.17, 15) is 9.59 Å². The molecule has 0 spiro atoms. The Morgan fingerprint density at radius 3 is 2.12 bits per heavy atom. The quantitative estimate of drug-likeness (QED) is 0.699. The van der Waals surface area contributed by atoms with Gasteiger partial charge in [0.05, 0.1) is 12.5 Å². The van der Waals surface area contributed by atoms with E-state index in [1.807, 2.05) is 13.8 Å². The third kappa shape index (κ3) is 5.58. The van der Waals surface area contributed by atoms with Crippen LogP contribution >= 0.6 is 0 Å². The summed E-state index contributed by atoms with van der Waals surface area (Å²) in [5, 5.41) is 5.40. The van der Waals surface area contributed by atoms with Crippen molar-refractivity contribution in [1.29, 1.82) is 0 Å². The molecule has 0 fully saturated rings. The molecule has 2 amide bonds. The molecule has 5 heteroatoms. The topological polar surface area (TPSA) is 67.4 Å². The van der Waals surface area contributed by atoms with Crippen LogP contribution in [0.2, 0.25) is 0 Å². The summed E-state index contributed by atoms with van der Waals surface area (Å²) in [6.45, 7) is 9.38. The van der Waals surface area contributed by atoms with E-state index in [1.165, 1.54) is 0 Å². The van der Waals surface area contributed by atoms with Gasteiger partial charge in [0.15, 0.2) is 0 Å². The molecule has 0 radical (unpaired) electrons. The van der Waals surface area contributed by atoms with E-state index in [0.29, 0.717) is 6.61 Å². The molecule has 0 rings (SSSR count). The Morgan fingerprint density at radius 1 is 1.12 bits per heavy atom. The smallest absolute Gasteiger partial charge is 0.315 e. The molecule has 0 bridgehead atoms. The molecule has 16 heavy (non-hydrogen) atoms. The highest BCUT2D eigenvalue weighted by Gasteiger charge is 2.22. The van der Waals surface area contributed by atoms with Gasteiger partial charge in [-0.25, -0.2) is 4.79 Å². The van der Waals surface area contributed by atoms with Crippen molar-refractivity contribution in [1.82, 2.24) is 10.6 Å².